The van der Waals surface area contributed by atoms with E-state index in [9.17, 15) is 0 Å². The van der Waals surface area contributed by atoms with E-state index in [2.05, 4.69) is 31.2 Å². The molecule has 0 bridgehead atoms. The van der Waals surface area contributed by atoms with E-state index in [0.29, 0.717) is 0 Å². The highest BCUT2D eigenvalue weighted by Crippen LogP contribution is 2.12. The van der Waals surface area contributed by atoms with E-state index in [-0.39, 0.29) is 0 Å². The van der Waals surface area contributed by atoms with Gasteiger partial charge in [-0.2, -0.15) is 5.10 Å². The summed E-state index contributed by atoms with van der Waals surface area (Å²) in [5.74, 6) is 0.826. The molecule has 0 amide bonds. The van der Waals surface area contributed by atoms with Crippen LogP contribution in [-0.2, 0) is 13.6 Å². The van der Waals surface area contributed by atoms with Crippen LogP contribution in [0.15, 0.2) is 6.20 Å². The molecule has 1 unspecified atom stereocenters. The predicted octanol–water partition coefficient (Wildman–Crippen LogP) is 3.03. The Bertz CT molecular complexity index is 317. The summed E-state index contributed by atoms with van der Waals surface area (Å²) in [6.07, 6.45) is 7.25. The highest BCUT2D eigenvalue weighted by molar-refractivity contribution is 5.15. The van der Waals surface area contributed by atoms with Gasteiger partial charge in [0, 0.05) is 24.8 Å². The Morgan fingerprint density at radius 1 is 1.41 bits per heavy atom. The van der Waals surface area contributed by atoms with Gasteiger partial charge in [0.25, 0.3) is 0 Å². The van der Waals surface area contributed by atoms with Crippen molar-refractivity contribution in [3.05, 3.63) is 17.5 Å². The largest absolute Gasteiger partial charge is 0.312 e. The fraction of sp³-hybridized carbons (Fsp3) is 0.786. The van der Waals surface area contributed by atoms with E-state index in [1.807, 2.05) is 17.9 Å². The topological polar surface area (TPSA) is 29.9 Å². The molecule has 0 saturated carbocycles. The van der Waals surface area contributed by atoms with E-state index in [0.717, 1.165) is 19.0 Å². The summed E-state index contributed by atoms with van der Waals surface area (Å²) < 4.78 is 1.94. The lowest BCUT2D eigenvalue weighted by Crippen LogP contribution is -2.22. The second-order valence-corrected chi connectivity index (χ2v) is 4.93. The first-order valence-electron chi connectivity index (χ1n) is 6.87. The SMILES string of the molecule is CCCCC(CC)CNCc1cnn(C)c1C. The fourth-order valence-electron chi connectivity index (χ4n) is 2.07. The zero-order valence-corrected chi connectivity index (χ0v) is 11.8. The first kappa shape index (κ1) is 14.2. The van der Waals surface area contributed by atoms with Gasteiger partial charge in [0.15, 0.2) is 0 Å². The third-order valence-electron chi connectivity index (χ3n) is 3.63. The molecule has 0 aliphatic carbocycles. The smallest absolute Gasteiger partial charge is 0.0537 e. The number of hydrogen-bond acceptors (Lipinski definition) is 2. The van der Waals surface area contributed by atoms with E-state index >= 15 is 0 Å². The highest BCUT2D eigenvalue weighted by Gasteiger charge is 2.07. The third kappa shape index (κ3) is 4.50. The van der Waals surface area contributed by atoms with Crippen molar-refractivity contribution in [2.24, 2.45) is 13.0 Å². The van der Waals surface area contributed by atoms with Gasteiger partial charge in [0.1, 0.15) is 0 Å². The zero-order valence-electron chi connectivity index (χ0n) is 11.8. The first-order valence-corrected chi connectivity index (χ1v) is 6.87. The van der Waals surface area contributed by atoms with Gasteiger partial charge in [-0.25, -0.2) is 0 Å². The molecule has 1 heterocycles. The van der Waals surface area contributed by atoms with Crippen LogP contribution in [0.3, 0.4) is 0 Å². The number of aryl methyl sites for hydroxylation is 1. The van der Waals surface area contributed by atoms with Gasteiger partial charge in [-0.3, -0.25) is 4.68 Å². The molecule has 3 heteroatoms. The molecule has 0 fully saturated rings. The minimum atomic E-state index is 0.826. The molecule has 17 heavy (non-hydrogen) atoms. The summed E-state index contributed by atoms with van der Waals surface area (Å²) in [6.45, 7) is 8.75. The Morgan fingerprint density at radius 2 is 2.18 bits per heavy atom. The molecule has 1 atom stereocenters. The Morgan fingerprint density at radius 3 is 2.71 bits per heavy atom. The van der Waals surface area contributed by atoms with E-state index < -0.39 is 0 Å². The van der Waals surface area contributed by atoms with E-state index in [4.69, 9.17) is 0 Å². The van der Waals surface area contributed by atoms with E-state index in [1.165, 1.54) is 36.9 Å². The molecule has 1 rings (SSSR count). The fourth-order valence-corrected chi connectivity index (χ4v) is 2.07. The minimum absolute atomic E-state index is 0.826. The molecule has 0 saturated heterocycles. The van der Waals surface area contributed by atoms with Gasteiger partial charge in [0.05, 0.1) is 6.20 Å². The number of aromatic nitrogens is 2. The molecular formula is C14H27N3. The number of nitrogens with zero attached hydrogens (tertiary/aromatic N) is 2. The van der Waals surface area contributed by atoms with Crippen molar-refractivity contribution in [3.8, 4) is 0 Å². The van der Waals surface area contributed by atoms with Crippen LogP contribution in [0.25, 0.3) is 0 Å². The molecule has 0 aliphatic rings. The Labute approximate surface area is 106 Å². The average molecular weight is 237 g/mol. The highest BCUT2D eigenvalue weighted by atomic mass is 15.3. The van der Waals surface area contributed by atoms with Crippen molar-refractivity contribution < 1.29 is 0 Å². The van der Waals surface area contributed by atoms with Gasteiger partial charge >= 0.3 is 0 Å². The van der Waals surface area contributed by atoms with Gasteiger partial charge in [-0.1, -0.05) is 33.1 Å². The lowest BCUT2D eigenvalue weighted by atomic mass is 9.99. The Kier molecular flexibility index (Phi) is 6.27. The van der Waals surface area contributed by atoms with Crippen molar-refractivity contribution >= 4 is 0 Å². The molecule has 98 valence electrons. The summed E-state index contributed by atoms with van der Waals surface area (Å²) in [4.78, 5) is 0. The normalized spacial score (nSPS) is 12.9. The third-order valence-corrected chi connectivity index (χ3v) is 3.63. The summed E-state index contributed by atoms with van der Waals surface area (Å²) in [5.41, 5.74) is 2.58. The second kappa shape index (κ2) is 7.49. The van der Waals surface area contributed by atoms with Crippen LogP contribution in [-0.4, -0.2) is 16.3 Å². The van der Waals surface area contributed by atoms with Gasteiger partial charge in [-0.05, 0) is 25.8 Å². The van der Waals surface area contributed by atoms with Gasteiger partial charge < -0.3 is 5.32 Å². The van der Waals surface area contributed by atoms with Crippen LogP contribution >= 0.6 is 0 Å². The molecule has 0 aromatic carbocycles. The maximum absolute atomic E-state index is 4.26. The van der Waals surface area contributed by atoms with Crippen LogP contribution in [0.5, 0.6) is 0 Å². The molecule has 1 N–H and O–H groups in total. The molecule has 0 aliphatic heterocycles. The van der Waals surface area contributed by atoms with E-state index in [1.54, 1.807) is 0 Å². The quantitative estimate of drug-likeness (QED) is 0.753. The molecule has 1 aromatic heterocycles. The standard InChI is InChI=1S/C14H27N3/c1-5-7-8-13(6-2)9-15-10-14-11-16-17(4)12(14)3/h11,13,15H,5-10H2,1-4H3. The van der Waals surface area contributed by atoms with Crippen molar-refractivity contribution in [2.75, 3.05) is 6.54 Å². The lowest BCUT2D eigenvalue weighted by Gasteiger charge is -2.15. The number of nitrogens with one attached hydrogen (secondary N) is 1. The number of unbranched alkanes of at least 4 members (excludes halogenated alkanes) is 1. The molecular weight excluding hydrogens is 210 g/mol. The van der Waals surface area contributed by atoms with Crippen molar-refractivity contribution in [1.29, 1.82) is 0 Å². The first-order chi connectivity index (χ1) is 8.19. The van der Waals surface area contributed by atoms with Crippen molar-refractivity contribution in [2.45, 2.75) is 53.0 Å². The zero-order chi connectivity index (χ0) is 12.7. The maximum Gasteiger partial charge on any atom is 0.0537 e. The van der Waals surface area contributed by atoms with Crippen molar-refractivity contribution in [3.63, 3.8) is 0 Å². The van der Waals surface area contributed by atoms with Gasteiger partial charge in [0.2, 0.25) is 0 Å². The minimum Gasteiger partial charge on any atom is -0.312 e. The number of rotatable bonds is 8. The van der Waals surface area contributed by atoms with Gasteiger partial charge in [-0.15, -0.1) is 0 Å². The monoisotopic (exact) mass is 237 g/mol. The van der Waals surface area contributed by atoms with Crippen LogP contribution in [0.1, 0.15) is 50.8 Å². The summed E-state index contributed by atoms with van der Waals surface area (Å²) in [5, 5.41) is 7.82. The molecule has 1 aromatic rings. The summed E-state index contributed by atoms with van der Waals surface area (Å²) in [7, 11) is 1.99. The van der Waals surface area contributed by atoms with Crippen LogP contribution in [0.4, 0.5) is 0 Å². The molecule has 0 spiro atoms. The molecule has 0 radical (unpaired) electrons. The number of hydrogen-bond donors (Lipinski definition) is 1. The Hall–Kier alpha value is -0.830. The summed E-state index contributed by atoms with van der Waals surface area (Å²) in [6, 6.07) is 0. The van der Waals surface area contributed by atoms with Crippen LogP contribution < -0.4 is 5.32 Å². The molecule has 3 nitrogen and oxygen atoms in total. The van der Waals surface area contributed by atoms with Crippen molar-refractivity contribution in [1.82, 2.24) is 15.1 Å². The average Bonchev–Trinajstić information content (AvgIpc) is 2.65. The van der Waals surface area contributed by atoms with Crippen LogP contribution in [0.2, 0.25) is 0 Å². The maximum atomic E-state index is 4.26. The lowest BCUT2D eigenvalue weighted by molar-refractivity contribution is 0.419. The summed E-state index contributed by atoms with van der Waals surface area (Å²) >= 11 is 0. The van der Waals surface area contributed by atoms with Crippen LogP contribution in [0, 0.1) is 12.8 Å². The Balaban J connectivity index is 2.28. The second-order valence-electron chi connectivity index (χ2n) is 4.93. The predicted molar refractivity (Wildman–Crippen MR) is 73.0 cm³/mol.